The third-order valence-corrected chi connectivity index (χ3v) is 5.82. The van der Waals surface area contributed by atoms with Crippen LogP contribution in [0.5, 0.6) is 0 Å². The van der Waals surface area contributed by atoms with Gasteiger partial charge in [0, 0.05) is 19.1 Å². The molecule has 25 heavy (non-hydrogen) atoms. The van der Waals surface area contributed by atoms with Gasteiger partial charge in [0.25, 0.3) is 0 Å². The van der Waals surface area contributed by atoms with Crippen molar-refractivity contribution in [2.24, 2.45) is 0 Å². The van der Waals surface area contributed by atoms with Gasteiger partial charge in [0.1, 0.15) is 5.60 Å². The molecule has 1 aromatic carbocycles. The second-order valence-electron chi connectivity index (χ2n) is 7.31. The van der Waals surface area contributed by atoms with Crippen molar-refractivity contribution < 1.29 is 17.9 Å². The first-order valence-electron chi connectivity index (χ1n) is 8.68. The van der Waals surface area contributed by atoms with Crippen LogP contribution in [0.15, 0.2) is 29.2 Å². The number of anilines is 1. The van der Waals surface area contributed by atoms with Crippen molar-refractivity contribution in [1.82, 2.24) is 4.90 Å². The van der Waals surface area contributed by atoms with Crippen LogP contribution in [0.4, 0.5) is 10.5 Å². The van der Waals surface area contributed by atoms with Crippen LogP contribution in [0.2, 0.25) is 0 Å². The van der Waals surface area contributed by atoms with Crippen molar-refractivity contribution in [3.63, 3.8) is 0 Å². The number of hydrogen-bond donors (Lipinski definition) is 1. The summed E-state index contributed by atoms with van der Waals surface area (Å²) < 4.78 is 30.0. The van der Waals surface area contributed by atoms with E-state index in [1.54, 1.807) is 30.0 Å². The lowest BCUT2D eigenvalue weighted by atomic mass is 10.1. The standard InChI is InChI=1S/C18H28N2O4S/c1-5-25(22,23)16-11-7-6-10-15(16)19-14-9-8-12-20(13-14)17(21)24-18(2,3)4/h6-7,10-11,14,19H,5,8-9,12-13H2,1-4H3. The van der Waals surface area contributed by atoms with Gasteiger partial charge in [0.15, 0.2) is 9.84 Å². The fourth-order valence-electron chi connectivity index (χ4n) is 2.82. The molecule has 6 nitrogen and oxygen atoms in total. The summed E-state index contributed by atoms with van der Waals surface area (Å²) in [6.07, 6.45) is 1.40. The second kappa shape index (κ2) is 7.64. The van der Waals surface area contributed by atoms with Crippen LogP contribution >= 0.6 is 0 Å². The predicted molar refractivity (Wildman–Crippen MR) is 98.6 cm³/mol. The maximum Gasteiger partial charge on any atom is 0.410 e. The number of amides is 1. The molecule has 0 spiro atoms. The van der Waals surface area contributed by atoms with Gasteiger partial charge in [-0.1, -0.05) is 19.1 Å². The number of carbonyl (C=O) groups excluding carboxylic acids is 1. The van der Waals surface area contributed by atoms with Crippen molar-refractivity contribution in [3.05, 3.63) is 24.3 Å². The Balaban J connectivity index is 2.10. The smallest absolute Gasteiger partial charge is 0.410 e. The van der Waals surface area contributed by atoms with Crippen LogP contribution in [0.1, 0.15) is 40.5 Å². The van der Waals surface area contributed by atoms with Crippen molar-refractivity contribution in [3.8, 4) is 0 Å². The van der Waals surface area contributed by atoms with E-state index in [1.165, 1.54) is 0 Å². The molecule has 140 valence electrons. The Morgan fingerprint density at radius 1 is 1.32 bits per heavy atom. The van der Waals surface area contributed by atoms with Gasteiger partial charge in [-0.3, -0.25) is 0 Å². The highest BCUT2D eigenvalue weighted by Gasteiger charge is 2.28. The Morgan fingerprint density at radius 3 is 2.64 bits per heavy atom. The highest BCUT2D eigenvalue weighted by molar-refractivity contribution is 7.91. The number of carbonyl (C=O) groups is 1. The number of benzene rings is 1. The predicted octanol–water partition coefficient (Wildman–Crippen LogP) is 3.29. The summed E-state index contributed by atoms with van der Waals surface area (Å²) in [7, 11) is -3.30. The van der Waals surface area contributed by atoms with Crippen molar-refractivity contribution >= 4 is 21.6 Å². The molecule has 1 aromatic rings. The number of hydrogen-bond acceptors (Lipinski definition) is 5. The lowest BCUT2D eigenvalue weighted by Crippen LogP contribution is -2.47. The molecule has 1 aliphatic heterocycles. The van der Waals surface area contributed by atoms with Gasteiger partial charge in [-0.15, -0.1) is 0 Å². The van der Waals surface area contributed by atoms with Gasteiger partial charge < -0.3 is 15.0 Å². The van der Waals surface area contributed by atoms with E-state index in [0.717, 1.165) is 12.8 Å². The topological polar surface area (TPSA) is 75.7 Å². The normalized spacial score (nSPS) is 18.7. The van der Waals surface area contributed by atoms with Gasteiger partial charge in [-0.2, -0.15) is 0 Å². The number of likely N-dealkylation sites (tertiary alicyclic amines) is 1. The molecule has 1 fully saturated rings. The molecule has 0 saturated carbocycles. The van der Waals surface area contributed by atoms with E-state index in [9.17, 15) is 13.2 Å². The Morgan fingerprint density at radius 2 is 2.00 bits per heavy atom. The van der Waals surface area contributed by atoms with Gasteiger partial charge >= 0.3 is 6.09 Å². The second-order valence-corrected chi connectivity index (χ2v) is 9.56. The Bertz CT molecular complexity index is 710. The fraction of sp³-hybridized carbons (Fsp3) is 0.611. The zero-order valence-corrected chi connectivity index (χ0v) is 16.2. The Kier molecular flexibility index (Phi) is 5.98. The van der Waals surface area contributed by atoms with E-state index < -0.39 is 15.4 Å². The fourth-order valence-corrected chi connectivity index (χ4v) is 3.88. The summed E-state index contributed by atoms with van der Waals surface area (Å²) in [5.41, 5.74) is 0.0691. The van der Waals surface area contributed by atoms with Gasteiger partial charge in [-0.25, -0.2) is 13.2 Å². The lowest BCUT2D eigenvalue weighted by molar-refractivity contribution is 0.0206. The first-order valence-corrected chi connectivity index (χ1v) is 10.3. The number of para-hydroxylation sites is 1. The molecule has 0 bridgehead atoms. The molecule has 1 atom stereocenters. The molecule has 2 rings (SSSR count). The molecule has 1 saturated heterocycles. The van der Waals surface area contributed by atoms with E-state index >= 15 is 0 Å². The molecule has 1 heterocycles. The molecule has 7 heteroatoms. The largest absolute Gasteiger partial charge is 0.444 e. The number of ether oxygens (including phenoxy) is 1. The third-order valence-electron chi connectivity index (χ3n) is 4.03. The van der Waals surface area contributed by atoms with Gasteiger partial charge in [-0.05, 0) is 45.7 Å². The van der Waals surface area contributed by atoms with Crippen molar-refractivity contribution in [1.29, 1.82) is 0 Å². The van der Waals surface area contributed by atoms with Crippen molar-refractivity contribution in [2.75, 3.05) is 24.2 Å². The van der Waals surface area contributed by atoms with Crippen LogP contribution in [-0.2, 0) is 14.6 Å². The van der Waals surface area contributed by atoms with E-state index in [4.69, 9.17) is 4.74 Å². The number of piperidine rings is 1. The minimum Gasteiger partial charge on any atom is -0.444 e. The monoisotopic (exact) mass is 368 g/mol. The van der Waals surface area contributed by atoms with Crippen LogP contribution in [0.3, 0.4) is 0 Å². The zero-order chi connectivity index (χ0) is 18.7. The third kappa shape index (κ3) is 5.36. The molecule has 0 radical (unpaired) electrons. The Labute approximate surface area is 150 Å². The molecule has 1 N–H and O–H groups in total. The van der Waals surface area contributed by atoms with Gasteiger partial charge in [0.2, 0.25) is 0 Å². The first kappa shape index (κ1) is 19.6. The lowest BCUT2D eigenvalue weighted by Gasteiger charge is -2.35. The highest BCUT2D eigenvalue weighted by Crippen LogP contribution is 2.25. The summed E-state index contributed by atoms with van der Waals surface area (Å²) in [6, 6.07) is 6.92. The summed E-state index contributed by atoms with van der Waals surface area (Å²) in [5, 5.41) is 3.31. The molecule has 0 aliphatic carbocycles. The molecular formula is C18H28N2O4S. The summed E-state index contributed by atoms with van der Waals surface area (Å²) in [5.74, 6) is 0.0559. The van der Waals surface area contributed by atoms with E-state index in [1.807, 2.05) is 26.8 Å². The maximum absolute atomic E-state index is 12.3. The van der Waals surface area contributed by atoms with Crippen LogP contribution in [-0.4, -0.2) is 49.9 Å². The SMILES string of the molecule is CCS(=O)(=O)c1ccccc1NC1CCCN(C(=O)OC(C)(C)C)C1. The average Bonchev–Trinajstić information content (AvgIpc) is 2.54. The number of nitrogens with zero attached hydrogens (tertiary/aromatic N) is 1. The molecule has 0 aromatic heterocycles. The van der Waals surface area contributed by atoms with E-state index in [-0.39, 0.29) is 17.9 Å². The number of nitrogens with one attached hydrogen (secondary N) is 1. The average molecular weight is 368 g/mol. The maximum atomic E-state index is 12.3. The number of sulfone groups is 1. The van der Waals surface area contributed by atoms with Crippen LogP contribution in [0, 0.1) is 0 Å². The van der Waals surface area contributed by atoms with E-state index in [0.29, 0.717) is 23.7 Å². The molecule has 1 amide bonds. The summed E-state index contributed by atoms with van der Waals surface area (Å²) in [6.45, 7) is 8.32. The summed E-state index contributed by atoms with van der Waals surface area (Å²) >= 11 is 0. The molecular weight excluding hydrogens is 340 g/mol. The minimum atomic E-state index is -3.30. The van der Waals surface area contributed by atoms with Gasteiger partial charge in [0.05, 0.1) is 16.3 Å². The Hall–Kier alpha value is -1.76. The van der Waals surface area contributed by atoms with Crippen LogP contribution < -0.4 is 5.32 Å². The summed E-state index contributed by atoms with van der Waals surface area (Å²) in [4.78, 5) is 14.3. The molecule has 1 aliphatic rings. The molecule has 1 unspecified atom stereocenters. The minimum absolute atomic E-state index is 0.00512. The van der Waals surface area contributed by atoms with Crippen molar-refractivity contribution in [2.45, 2.75) is 57.1 Å². The first-order chi connectivity index (χ1) is 11.6. The zero-order valence-electron chi connectivity index (χ0n) is 15.4. The van der Waals surface area contributed by atoms with Crippen LogP contribution in [0.25, 0.3) is 0 Å². The number of rotatable bonds is 4. The van der Waals surface area contributed by atoms with E-state index in [2.05, 4.69) is 5.32 Å². The highest BCUT2D eigenvalue weighted by atomic mass is 32.2. The quantitative estimate of drug-likeness (QED) is 0.882.